The topological polar surface area (TPSA) is 207 Å². The molecule has 53 heavy (non-hydrogen) atoms. The monoisotopic (exact) mass is 835 g/mol. The van der Waals surface area contributed by atoms with Gasteiger partial charge in [-0.15, -0.1) is 11.8 Å². The van der Waals surface area contributed by atoms with Gasteiger partial charge in [-0.3, -0.25) is 4.79 Å². The van der Waals surface area contributed by atoms with Gasteiger partial charge in [0.25, 0.3) is 0 Å². The molecule has 3 aliphatic heterocycles. The average molecular weight is 836 g/mol. The Labute approximate surface area is 329 Å². The predicted molar refractivity (Wildman–Crippen MR) is 204 cm³/mol. The van der Waals surface area contributed by atoms with E-state index in [1.807, 2.05) is 56.3 Å². The van der Waals surface area contributed by atoms with Crippen LogP contribution in [0.15, 0.2) is 53.7 Å². The van der Waals surface area contributed by atoms with Crippen molar-refractivity contribution in [1.29, 1.82) is 0 Å². The molecule has 0 saturated carbocycles. The molecular formula is C34H45NO13S5. The number of esters is 1. The zero-order valence-corrected chi connectivity index (χ0v) is 33.0. The number of carbonyl (C=O) groups is 1. The minimum atomic E-state index is -1.72. The van der Waals surface area contributed by atoms with Gasteiger partial charge in [0.1, 0.15) is 64.0 Å². The third kappa shape index (κ3) is 11.5. The Balaban J connectivity index is 1.15. The molecule has 3 fully saturated rings. The fourth-order valence-electron chi connectivity index (χ4n) is 5.79. The largest absolute Gasteiger partial charge is 0.465 e. The van der Waals surface area contributed by atoms with Gasteiger partial charge in [-0.05, 0) is 40.7 Å². The number of aromatic nitrogens is 1. The van der Waals surface area contributed by atoms with Crippen molar-refractivity contribution in [3.05, 3.63) is 59.8 Å². The van der Waals surface area contributed by atoms with Crippen LogP contribution in [-0.4, -0.2) is 138 Å². The van der Waals surface area contributed by atoms with Gasteiger partial charge in [0.15, 0.2) is 18.9 Å². The quantitative estimate of drug-likeness (QED) is 0.0660. The van der Waals surface area contributed by atoms with Crippen LogP contribution >= 0.6 is 57.3 Å². The molecule has 3 aliphatic rings. The van der Waals surface area contributed by atoms with Gasteiger partial charge >= 0.3 is 5.97 Å². The van der Waals surface area contributed by atoms with E-state index in [1.54, 1.807) is 28.8 Å². The number of fused-ring (bicyclic) bond motifs is 1. The Morgan fingerprint density at radius 3 is 2.42 bits per heavy atom. The van der Waals surface area contributed by atoms with Gasteiger partial charge in [-0.25, -0.2) is 4.98 Å². The second kappa shape index (κ2) is 20.9. The molecular weight excluding hydrogens is 791 g/mol. The third-order valence-corrected chi connectivity index (χ3v) is 13.7. The van der Waals surface area contributed by atoms with Gasteiger partial charge in [0.2, 0.25) is 0 Å². The second-order valence-electron chi connectivity index (χ2n) is 12.5. The molecule has 14 nitrogen and oxygen atoms in total. The number of hydrogen-bond acceptors (Lipinski definition) is 19. The zero-order chi connectivity index (χ0) is 38.1. The zero-order valence-electron chi connectivity index (χ0n) is 28.9. The summed E-state index contributed by atoms with van der Waals surface area (Å²) < 4.78 is 35.1. The number of thioether (sulfide) groups is 2. The molecule has 294 valence electrons. The molecule has 2 aromatic rings. The van der Waals surface area contributed by atoms with Gasteiger partial charge in [0.05, 0.1) is 19.1 Å². The van der Waals surface area contributed by atoms with Crippen molar-refractivity contribution in [1.82, 2.24) is 4.98 Å². The highest BCUT2D eigenvalue weighted by molar-refractivity contribution is 8.76. The molecule has 5 rings (SSSR count). The molecule has 3 saturated heterocycles. The van der Waals surface area contributed by atoms with Crippen molar-refractivity contribution in [3.8, 4) is 0 Å². The van der Waals surface area contributed by atoms with Crippen molar-refractivity contribution < 1.29 is 63.9 Å². The standard InChI is InChI=1S/C34H45NO13S5/c1-3-50-34(49)52-22(14-17(2)30(42)43-12-13-51-53-23-6-4-5-11-35-23)18-7-9-19(10-8-18)31-44-16-21-29(47-31)26(39)28(41)33(46-21)48-32-27(40)25(38)24(37)20(15-36)45-32/h4-11,17,20-22,24-29,31-33,36-41H,3,12-16H2,1-2H3/t17?,20-,21-,22?,24-,25+,26-,27-,28-,29-,31?,32-,33-/m1/s1. The number of aliphatic hydroxyl groups excluding tert-OH is 6. The van der Waals surface area contributed by atoms with Gasteiger partial charge in [0, 0.05) is 22.8 Å². The predicted octanol–water partition coefficient (Wildman–Crippen LogP) is 2.58. The maximum Gasteiger partial charge on any atom is 0.308 e. The van der Waals surface area contributed by atoms with Crippen LogP contribution in [0.4, 0.5) is 0 Å². The molecule has 3 unspecified atom stereocenters. The first-order valence-electron chi connectivity index (χ1n) is 17.1. The van der Waals surface area contributed by atoms with Crippen molar-refractivity contribution in [2.45, 2.75) is 98.2 Å². The molecule has 4 heterocycles. The molecule has 0 spiro atoms. The second-order valence-corrected chi connectivity index (χ2v) is 18.6. The van der Waals surface area contributed by atoms with Gasteiger partial charge in [-0.2, -0.15) is 0 Å². The summed E-state index contributed by atoms with van der Waals surface area (Å²) in [6, 6.07) is 13.2. The summed E-state index contributed by atoms with van der Waals surface area (Å²) in [7, 11) is 3.10. The molecule has 0 radical (unpaired) electrons. The van der Waals surface area contributed by atoms with E-state index in [-0.39, 0.29) is 30.4 Å². The van der Waals surface area contributed by atoms with E-state index in [1.165, 1.54) is 22.6 Å². The highest BCUT2D eigenvalue weighted by Gasteiger charge is 2.52. The SMILES string of the molecule is CCSC(=S)SC(CC(C)C(=O)OCCSSc1ccccn1)c1ccc(C2OC[C@H]3O[C@H](O[C@H]4O[C@H](CO)[C@@H](O)[C@H](O)[C@H]4O)[C@H](O)[C@@H](O)[C@@H]3O2)cc1. The highest BCUT2D eigenvalue weighted by Crippen LogP contribution is 2.41. The lowest BCUT2D eigenvalue weighted by Gasteiger charge is -2.48. The first-order valence-corrected chi connectivity index (χ1v) is 21.6. The van der Waals surface area contributed by atoms with Crippen LogP contribution in [0.5, 0.6) is 0 Å². The van der Waals surface area contributed by atoms with Gasteiger partial charge in [-0.1, -0.05) is 79.0 Å². The molecule has 1 aromatic carbocycles. The first-order chi connectivity index (χ1) is 25.5. The Hall–Kier alpha value is -1.11. The van der Waals surface area contributed by atoms with Crippen molar-refractivity contribution in [2.75, 3.05) is 31.3 Å². The van der Waals surface area contributed by atoms with Crippen molar-refractivity contribution in [2.24, 2.45) is 5.92 Å². The van der Waals surface area contributed by atoms with Crippen LogP contribution in [0, 0.1) is 5.92 Å². The maximum absolute atomic E-state index is 12.9. The number of nitrogens with zero attached hydrogens (tertiary/aromatic N) is 1. The number of thiocarbonyl (C=S) groups is 1. The number of aliphatic hydroxyl groups is 6. The summed E-state index contributed by atoms with van der Waals surface area (Å²) >= 11 is 8.71. The van der Waals surface area contributed by atoms with Crippen LogP contribution in [0.2, 0.25) is 0 Å². The highest BCUT2D eigenvalue weighted by atomic mass is 33.1. The third-order valence-electron chi connectivity index (χ3n) is 8.69. The summed E-state index contributed by atoms with van der Waals surface area (Å²) in [4.78, 5) is 17.2. The van der Waals surface area contributed by atoms with E-state index < -0.39 is 74.3 Å². The number of carbonyl (C=O) groups excluding carboxylic acids is 1. The summed E-state index contributed by atoms with van der Waals surface area (Å²) in [5, 5.41) is 62.6. The fourth-order valence-corrected chi connectivity index (χ4v) is 10.3. The van der Waals surface area contributed by atoms with Crippen molar-refractivity contribution >= 4 is 66.8 Å². The Morgan fingerprint density at radius 2 is 1.72 bits per heavy atom. The van der Waals surface area contributed by atoms with E-state index in [4.69, 9.17) is 40.6 Å². The van der Waals surface area contributed by atoms with E-state index in [0.29, 0.717) is 17.7 Å². The molecule has 1 aromatic heterocycles. The molecule has 6 N–H and O–H groups in total. The molecule has 0 bridgehead atoms. The average Bonchev–Trinajstić information content (AvgIpc) is 3.17. The maximum atomic E-state index is 12.9. The molecule has 13 atom stereocenters. The smallest absolute Gasteiger partial charge is 0.308 e. The van der Waals surface area contributed by atoms with E-state index in [2.05, 4.69) is 4.98 Å². The summed E-state index contributed by atoms with van der Waals surface area (Å²) in [5.74, 6) is 0.790. The van der Waals surface area contributed by atoms with Gasteiger partial charge < -0.3 is 59.1 Å². The Bertz CT molecular complexity index is 1450. The molecule has 19 heteroatoms. The summed E-state index contributed by atoms with van der Waals surface area (Å²) in [5.41, 5.74) is 1.59. The van der Waals surface area contributed by atoms with Crippen molar-refractivity contribution in [3.63, 3.8) is 0 Å². The Kier molecular flexibility index (Phi) is 16.9. The number of benzene rings is 1. The van der Waals surface area contributed by atoms with E-state index >= 15 is 0 Å². The minimum Gasteiger partial charge on any atom is -0.465 e. The molecule has 0 amide bonds. The fraction of sp³-hybridized carbons (Fsp3) is 0.618. The number of rotatable bonds is 15. The normalized spacial score (nSPS) is 32.7. The van der Waals surface area contributed by atoms with E-state index in [0.717, 1.165) is 19.9 Å². The van der Waals surface area contributed by atoms with Crippen LogP contribution < -0.4 is 0 Å². The first kappa shape index (κ1) is 43.0. The number of pyridine rings is 1. The van der Waals surface area contributed by atoms with Crippen LogP contribution in [0.25, 0.3) is 0 Å². The lowest BCUT2D eigenvalue weighted by molar-refractivity contribution is -0.399. The van der Waals surface area contributed by atoms with E-state index in [9.17, 15) is 35.4 Å². The number of hydrogen-bond donors (Lipinski definition) is 6. The summed E-state index contributed by atoms with van der Waals surface area (Å²) in [6.07, 6.45) is -13.0. The summed E-state index contributed by atoms with van der Waals surface area (Å²) in [6.45, 7) is 3.46. The molecule has 0 aliphatic carbocycles. The number of ether oxygens (including phenoxy) is 6. The van der Waals surface area contributed by atoms with Crippen LogP contribution in [0.3, 0.4) is 0 Å². The minimum absolute atomic E-state index is 0.0453. The van der Waals surface area contributed by atoms with Crippen LogP contribution in [0.1, 0.15) is 42.9 Å². The Morgan fingerprint density at radius 1 is 0.981 bits per heavy atom. The lowest BCUT2D eigenvalue weighted by atomic mass is 9.97. The van der Waals surface area contributed by atoms with Crippen LogP contribution in [-0.2, 0) is 33.2 Å². The lowest BCUT2D eigenvalue weighted by Crippen LogP contribution is -2.65.